The average molecular weight is 201 g/mol. The molecular formula is C11H23NO2. The van der Waals surface area contributed by atoms with Crippen LogP contribution < -0.4 is 0 Å². The molecule has 3 heteroatoms. The maximum Gasteiger partial charge on any atom is 0.0746 e. The van der Waals surface area contributed by atoms with Crippen LogP contribution in [0.2, 0.25) is 0 Å². The van der Waals surface area contributed by atoms with Crippen LogP contribution >= 0.6 is 0 Å². The fourth-order valence-corrected chi connectivity index (χ4v) is 2.31. The molecule has 3 nitrogen and oxygen atoms in total. The van der Waals surface area contributed by atoms with Gasteiger partial charge in [-0.25, -0.2) is 0 Å². The summed E-state index contributed by atoms with van der Waals surface area (Å²) >= 11 is 0. The van der Waals surface area contributed by atoms with Crippen LogP contribution in [0.4, 0.5) is 0 Å². The van der Waals surface area contributed by atoms with E-state index in [-0.39, 0.29) is 0 Å². The van der Waals surface area contributed by atoms with Crippen molar-refractivity contribution >= 4 is 0 Å². The van der Waals surface area contributed by atoms with Crippen molar-refractivity contribution in [2.75, 3.05) is 26.8 Å². The van der Waals surface area contributed by atoms with Gasteiger partial charge in [0.1, 0.15) is 0 Å². The number of nitrogens with zero attached hydrogens (tertiary/aromatic N) is 1. The Morgan fingerprint density at radius 2 is 2.21 bits per heavy atom. The third-order valence-electron chi connectivity index (χ3n) is 2.97. The predicted octanol–water partition coefficient (Wildman–Crippen LogP) is 1.26. The van der Waals surface area contributed by atoms with Crippen molar-refractivity contribution in [3.05, 3.63) is 0 Å². The number of likely N-dealkylation sites (tertiary alicyclic amines) is 1. The first-order chi connectivity index (χ1) is 6.55. The van der Waals surface area contributed by atoms with Gasteiger partial charge in [0.05, 0.1) is 5.60 Å². The summed E-state index contributed by atoms with van der Waals surface area (Å²) in [5, 5.41) is 9.97. The lowest BCUT2D eigenvalue weighted by Crippen LogP contribution is -2.46. The lowest BCUT2D eigenvalue weighted by Gasteiger charge is -2.33. The number of hydrogen-bond acceptors (Lipinski definition) is 3. The van der Waals surface area contributed by atoms with Crippen molar-refractivity contribution in [2.45, 2.75) is 44.8 Å². The van der Waals surface area contributed by atoms with Crippen molar-refractivity contribution in [1.82, 2.24) is 4.90 Å². The fourth-order valence-electron chi connectivity index (χ4n) is 2.31. The molecular weight excluding hydrogens is 178 g/mol. The van der Waals surface area contributed by atoms with E-state index in [4.69, 9.17) is 4.74 Å². The van der Waals surface area contributed by atoms with Gasteiger partial charge >= 0.3 is 0 Å². The lowest BCUT2D eigenvalue weighted by atomic mass is 9.96. The Bertz CT molecular complexity index is 165. The van der Waals surface area contributed by atoms with Gasteiger partial charge in [-0.05, 0) is 39.7 Å². The summed E-state index contributed by atoms with van der Waals surface area (Å²) in [5.41, 5.74) is -0.566. The van der Waals surface area contributed by atoms with Crippen LogP contribution in [0.25, 0.3) is 0 Å². The van der Waals surface area contributed by atoms with Crippen molar-refractivity contribution in [2.24, 2.45) is 0 Å². The molecule has 1 N–H and O–H groups in total. The Morgan fingerprint density at radius 1 is 1.50 bits per heavy atom. The first-order valence-electron chi connectivity index (χ1n) is 5.51. The van der Waals surface area contributed by atoms with E-state index in [9.17, 15) is 5.11 Å². The SMILES string of the molecule is COCCCN1CCCC1C(C)(C)O. The van der Waals surface area contributed by atoms with Crippen LogP contribution in [0.1, 0.15) is 33.1 Å². The summed E-state index contributed by atoms with van der Waals surface area (Å²) in [4.78, 5) is 2.39. The number of methoxy groups -OCH3 is 1. The maximum absolute atomic E-state index is 9.97. The van der Waals surface area contributed by atoms with E-state index >= 15 is 0 Å². The molecule has 1 fully saturated rings. The second-order valence-electron chi connectivity index (χ2n) is 4.69. The minimum atomic E-state index is -0.566. The van der Waals surface area contributed by atoms with Crippen LogP contribution in [-0.2, 0) is 4.74 Å². The molecule has 0 spiro atoms. The Labute approximate surface area is 87.1 Å². The molecule has 1 aliphatic rings. The molecule has 0 aromatic rings. The highest BCUT2D eigenvalue weighted by molar-refractivity contribution is 4.90. The molecule has 1 aliphatic heterocycles. The molecule has 0 aromatic heterocycles. The minimum absolute atomic E-state index is 0.333. The lowest BCUT2D eigenvalue weighted by molar-refractivity contribution is -0.00432. The topological polar surface area (TPSA) is 32.7 Å². The molecule has 1 atom stereocenters. The van der Waals surface area contributed by atoms with Gasteiger partial charge in [-0.15, -0.1) is 0 Å². The Kier molecular flexibility index (Phi) is 4.35. The summed E-state index contributed by atoms with van der Waals surface area (Å²) in [7, 11) is 1.73. The van der Waals surface area contributed by atoms with E-state index in [2.05, 4.69) is 4.90 Å². The Hall–Kier alpha value is -0.120. The Morgan fingerprint density at radius 3 is 2.79 bits per heavy atom. The van der Waals surface area contributed by atoms with Crippen molar-refractivity contribution < 1.29 is 9.84 Å². The third kappa shape index (κ3) is 3.23. The first-order valence-corrected chi connectivity index (χ1v) is 5.51. The van der Waals surface area contributed by atoms with Gasteiger partial charge in [0.15, 0.2) is 0 Å². The Balaban J connectivity index is 2.36. The van der Waals surface area contributed by atoms with Crippen LogP contribution in [0.3, 0.4) is 0 Å². The van der Waals surface area contributed by atoms with Crippen LogP contribution in [0.15, 0.2) is 0 Å². The predicted molar refractivity (Wildman–Crippen MR) is 57.4 cm³/mol. The van der Waals surface area contributed by atoms with Gasteiger partial charge in [0, 0.05) is 26.3 Å². The van der Waals surface area contributed by atoms with E-state index in [1.807, 2.05) is 13.8 Å². The van der Waals surface area contributed by atoms with Crippen LogP contribution in [0.5, 0.6) is 0 Å². The first kappa shape index (κ1) is 12.0. The zero-order chi connectivity index (χ0) is 10.6. The molecule has 0 radical (unpaired) electrons. The van der Waals surface area contributed by atoms with Gasteiger partial charge < -0.3 is 9.84 Å². The quantitative estimate of drug-likeness (QED) is 0.680. The standard InChI is InChI=1S/C11H23NO2/c1-11(2,13)10-6-4-7-12(10)8-5-9-14-3/h10,13H,4-9H2,1-3H3. The molecule has 1 rings (SSSR count). The van der Waals surface area contributed by atoms with E-state index in [0.29, 0.717) is 6.04 Å². The fraction of sp³-hybridized carbons (Fsp3) is 1.00. The van der Waals surface area contributed by atoms with Gasteiger partial charge in [-0.1, -0.05) is 0 Å². The van der Waals surface area contributed by atoms with Crippen molar-refractivity contribution in [1.29, 1.82) is 0 Å². The molecule has 14 heavy (non-hydrogen) atoms. The molecule has 1 unspecified atom stereocenters. The van der Waals surface area contributed by atoms with Gasteiger partial charge in [-0.2, -0.15) is 0 Å². The maximum atomic E-state index is 9.97. The monoisotopic (exact) mass is 201 g/mol. The molecule has 84 valence electrons. The zero-order valence-electron chi connectivity index (χ0n) is 9.62. The highest BCUT2D eigenvalue weighted by Crippen LogP contribution is 2.26. The zero-order valence-corrected chi connectivity index (χ0v) is 9.62. The number of rotatable bonds is 5. The summed E-state index contributed by atoms with van der Waals surface area (Å²) in [6.45, 7) is 6.80. The highest BCUT2D eigenvalue weighted by atomic mass is 16.5. The second-order valence-corrected chi connectivity index (χ2v) is 4.69. The third-order valence-corrected chi connectivity index (χ3v) is 2.97. The summed E-state index contributed by atoms with van der Waals surface area (Å²) in [6.07, 6.45) is 3.39. The smallest absolute Gasteiger partial charge is 0.0746 e. The molecule has 0 saturated carbocycles. The number of hydrogen-bond donors (Lipinski definition) is 1. The van der Waals surface area contributed by atoms with Gasteiger partial charge in [0.25, 0.3) is 0 Å². The normalized spacial score (nSPS) is 24.4. The number of ether oxygens (including phenoxy) is 1. The second kappa shape index (κ2) is 5.10. The van der Waals surface area contributed by atoms with E-state index < -0.39 is 5.60 Å². The van der Waals surface area contributed by atoms with E-state index in [0.717, 1.165) is 32.5 Å². The summed E-state index contributed by atoms with van der Waals surface area (Å²) < 4.78 is 5.03. The molecule has 0 aliphatic carbocycles. The van der Waals surface area contributed by atoms with Gasteiger partial charge in [0.2, 0.25) is 0 Å². The molecule has 0 amide bonds. The van der Waals surface area contributed by atoms with Crippen molar-refractivity contribution in [3.8, 4) is 0 Å². The molecule has 1 heterocycles. The minimum Gasteiger partial charge on any atom is -0.389 e. The summed E-state index contributed by atoms with van der Waals surface area (Å²) in [6, 6.07) is 0.333. The van der Waals surface area contributed by atoms with Crippen LogP contribution in [-0.4, -0.2) is 48.5 Å². The highest BCUT2D eigenvalue weighted by Gasteiger charge is 2.35. The largest absolute Gasteiger partial charge is 0.389 e. The summed E-state index contributed by atoms with van der Waals surface area (Å²) in [5.74, 6) is 0. The average Bonchev–Trinajstić information content (AvgIpc) is 2.52. The van der Waals surface area contributed by atoms with Gasteiger partial charge in [-0.3, -0.25) is 4.90 Å². The number of aliphatic hydroxyl groups is 1. The molecule has 0 aromatic carbocycles. The van der Waals surface area contributed by atoms with E-state index in [1.165, 1.54) is 6.42 Å². The molecule has 0 bridgehead atoms. The van der Waals surface area contributed by atoms with Crippen LogP contribution in [0, 0.1) is 0 Å². The molecule has 1 saturated heterocycles. The van der Waals surface area contributed by atoms with E-state index in [1.54, 1.807) is 7.11 Å². The van der Waals surface area contributed by atoms with Crippen molar-refractivity contribution in [3.63, 3.8) is 0 Å².